The van der Waals surface area contributed by atoms with Crippen LogP contribution in [0.5, 0.6) is 11.5 Å². The Morgan fingerprint density at radius 3 is 2.40 bits per heavy atom. The molecule has 9 nitrogen and oxygen atoms in total. The van der Waals surface area contributed by atoms with Gasteiger partial charge < -0.3 is 25.4 Å². The van der Waals surface area contributed by atoms with E-state index in [2.05, 4.69) is 28.9 Å². The smallest absolute Gasteiger partial charge is 0.272 e. The van der Waals surface area contributed by atoms with Gasteiger partial charge in [0.25, 0.3) is 11.8 Å². The number of nitrogens with zero attached hydrogens (tertiary/aromatic N) is 1. The van der Waals surface area contributed by atoms with Crippen LogP contribution in [0.25, 0.3) is 6.08 Å². The van der Waals surface area contributed by atoms with Crippen LogP contribution in [0.2, 0.25) is 0 Å². The van der Waals surface area contributed by atoms with Crippen LogP contribution in [-0.2, 0) is 22.4 Å². The second-order valence-electron chi connectivity index (χ2n) is 12.5. The molecule has 6 rings (SSSR count). The van der Waals surface area contributed by atoms with Gasteiger partial charge in [-0.1, -0.05) is 61.5 Å². The molecule has 0 aliphatic heterocycles. The van der Waals surface area contributed by atoms with E-state index in [0.717, 1.165) is 35.3 Å². The van der Waals surface area contributed by atoms with E-state index in [4.69, 9.17) is 9.47 Å². The molecule has 0 radical (unpaired) electrons. The highest BCUT2D eigenvalue weighted by Gasteiger charge is 2.28. The Bertz CT molecular complexity index is 2190. The molecule has 53 heavy (non-hydrogen) atoms. The molecule has 3 amide bonds. The van der Waals surface area contributed by atoms with E-state index in [9.17, 15) is 19.6 Å². The van der Waals surface area contributed by atoms with Crippen molar-refractivity contribution in [3.63, 3.8) is 0 Å². The number of nitrogens with one attached hydrogen (secondary N) is 3. The molecular formula is C42H38N4O5S2. The molecule has 1 aromatic heterocycles. The number of nitriles is 1. The second-order valence-corrected chi connectivity index (χ2v) is 14.8. The zero-order valence-corrected chi connectivity index (χ0v) is 31.1. The molecule has 0 bridgehead atoms. The van der Waals surface area contributed by atoms with E-state index in [0.29, 0.717) is 44.8 Å². The number of hydrogen-bond donors (Lipinski definition) is 3. The minimum absolute atomic E-state index is 0.0219. The Morgan fingerprint density at radius 1 is 0.925 bits per heavy atom. The van der Waals surface area contributed by atoms with E-state index < -0.39 is 17.1 Å². The normalized spacial score (nSPS) is 14.2. The first-order valence-electron chi connectivity index (χ1n) is 17.0. The van der Waals surface area contributed by atoms with Crippen molar-refractivity contribution >= 4 is 57.6 Å². The van der Waals surface area contributed by atoms with E-state index in [1.807, 2.05) is 36.4 Å². The molecule has 268 valence electrons. The number of benzene rings is 4. The van der Waals surface area contributed by atoms with E-state index in [1.54, 1.807) is 66.7 Å². The number of hydrogen-bond acceptors (Lipinski definition) is 8. The predicted molar refractivity (Wildman–Crippen MR) is 210 cm³/mol. The van der Waals surface area contributed by atoms with E-state index in [-0.39, 0.29) is 11.6 Å². The summed E-state index contributed by atoms with van der Waals surface area (Å²) in [5.74, 6) is 0.278. The summed E-state index contributed by atoms with van der Waals surface area (Å²) in [6.45, 7) is 2.21. The van der Waals surface area contributed by atoms with Crippen molar-refractivity contribution in [2.24, 2.45) is 5.92 Å². The van der Waals surface area contributed by atoms with Crippen molar-refractivity contribution in [1.29, 1.82) is 5.26 Å². The monoisotopic (exact) mass is 742 g/mol. The third-order valence-corrected chi connectivity index (χ3v) is 11.2. The van der Waals surface area contributed by atoms with Crippen LogP contribution in [0.15, 0.2) is 114 Å². The highest BCUT2D eigenvalue weighted by Crippen LogP contribution is 2.42. The molecule has 0 saturated heterocycles. The van der Waals surface area contributed by atoms with Gasteiger partial charge in [-0.2, -0.15) is 5.26 Å². The van der Waals surface area contributed by atoms with Crippen molar-refractivity contribution in [3.8, 4) is 17.6 Å². The fourth-order valence-electron chi connectivity index (χ4n) is 6.07. The first-order valence-corrected chi connectivity index (χ1v) is 18.7. The van der Waals surface area contributed by atoms with Gasteiger partial charge in [0.15, 0.2) is 0 Å². The number of fused-ring (bicyclic) bond motifs is 1. The number of carbonyl (C=O) groups excluding carboxylic acids is 3. The second kappa shape index (κ2) is 17.1. The van der Waals surface area contributed by atoms with Crippen LogP contribution in [0.4, 0.5) is 10.7 Å². The van der Waals surface area contributed by atoms with Crippen LogP contribution >= 0.6 is 23.1 Å². The Labute approximate surface area is 317 Å². The Balaban J connectivity index is 1.26. The van der Waals surface area contributed by atoms with Gasteiger partial charge in [-0.05, 0) is 90.9 Å². The maximum Gasteiger partial charge on any atom is 0.272 e. The fraction of sp³-hybridized carbons (Fsp3) is 0.190. The number of ether oxygens (including phenoxy) is 2. The Hall–Kier alpha value is -5.83. The number of thiophene rings is 1. The SMILES string of the molecule is COc1ccc(OC)c(/C=C(/NC(=O)c2ccccc2)C(=O)Nc2cccc(SC(C(=O)Nc3sc4c(c3C#N)CCC(C)C4)c3ccccc3)c2)c1. The summed E-state index contributed by atoms with van der Waals surface area (Å²) in [5.41, 5.74) is 3.73. The summed E-state index contributed by atoms with van der Waals surface area (Å²) in [6.07, 6.45) is 4.29. The van der Waals surface area contributed by atoms with Gasteiger partial charge in [0.05, 0.1) is 19.8 Å². The number of anilines is 2. The van der Waals surface area contributed by atoms with Crippen molar-refractivity contribution in [2.45, 2.75) is 36.3 Å². The molecule has 5 aromatic rings. The van der Waals surface area contributed by atoms with E-state index >= 15 is 0 Å². The van der Waals surface area contributed by atoms with Gasteiger partial charge in [-0.25, -0.2) is 0 Å². The number of rotatable bonds is 12. The quantitative estimate of drug-likeness (QED) is 0.0862. The van der Waals surface area contributed by atoms with E-state index in [1.165, 1.54) is 48.3 Å². The van der Waals surface area contributed by atoms with Crippen LogP contribution in [0.3, 0.4) is 0 Å². The lowest BCUT2D eigenvalue weighted by molar-refractivity contribution is -0.116. The third-order valence-electron chi connectivity index (χ3n) is 8.81. The van der Waals surface area contributed by atoms with Crippen LogP contribution in [0, 0.1) is 17.2 Å². The average molecular weight is 743 g/mol. The minimum atomic E-state index is -0.659. The summed E-state index contributed by atoms with van der Waals surface area (Å²) in [6, 6.07) is 32.7. The highest BCUT2D eigenvalue weighted by atomic mass is 32.2. The number of amides is 3. The molecule has 1 aliphatic carbocycles. The van der Waals surface area contributed by atoms with Gasteiger partial charge in [-0.3, -0.25) is 14.4 Å². The van der Waals surface area contributed by atoms with Crippen LogP contribution < -0.4 is 25.4 Å². The molecule has 0 spiro atoms. The third kappa shape index (κ3) is 8.98. The van der Waals surface area contributed by atoms with Gasteiger partial charge in [0, 0.05) is 26.6 Å². The molecule has 4 aromatic carbocycles. The molecule has 11 heteroatoms. The zero-order valence-electron chi connectivity index (χ0n) is 29.5. The fourth-order valence-corrected chi connectivity index (χ4v) is 8.51. The van der Waals surface area contributed by atoms with Crippen molar-refractivity contribution in [1.82, 2.24) is 5.32 Å². The van der Waals surface area contributed by atoms with Gasteiger partial charge in [0.2, 0.25) is 5.91 Å². The van der Waals surface area contributed by atoms with Crippen LogP contribution in [0.1, 0.15) is 56.1 Å². The first-order chi connectivity index (χ1) is 25.8. The maximum absolute atomic E-state index is 14.0. The molecule has 1 heterocycles. The summed E-state index contributed by atoms with van der Waals surface area (Å²) in [4.78, 5) is 43.1. The standard InChI is InChI=1S/C42H38N4O5S2/c1-26-17-19-33-34(25-43)42(53-37(33)21-26)46-41(49)38(27-11-6-4-7-12-27)52-32-16-10-15-30(24-32)44-40(48)35(45-39(47)28-13-8-5-9-14-28)23-29-22-31(50-2)18-20-36(29)51-3/h4-16,18,20,22-24,26,38H,17,19,21H2,1-3H3,(H,44,48)(H,45,47)(H,46,49)/b35-23+. The van der Waals surface area contributed by atoms with Crippen LogP contribution in [-0.4, -0.2) is 31.9 Å². The topological polar surface area (TPSA) is 130 Å². The summed E-state index contributed by atoms with van der Waals surface area (Å²) in [5, 5.41) is 18.7. The molecule has 0 fully saturated rings. The number of thioether (sulfide) groups is 1. The molecule has 2 atom stereocenters. The van der Waals surface area contributed by atoms with Gasteiger partial charge in [0.1, 0.15) is 33.5 Å². The van der Waals surface area contributed by atoms with Gasteiger partial charge in [-0.15, -0.1) is 23.1 Å². The lowest BCUT2D eigenvalue weighted by Crippen LogP contribution is -2.30. The lowest BCUT2D eigenvalue weighted by atomic mass is 9.88. The van der Waals surface area contributed by atoms with Gasteiger partial charge >= 0.3 is 0 Å². The molecule has 3 N–H and O–H groups in total. The zero-order chi connectivity index (χ0) is 37.3. The first kappa shape index (κ1) is 36.9. The predicted octanol–water partition coefficient (Wildman–Crippen LogP) is 8.64. The summed E-state index contributed by atoms with van der Waals surface area (Å²) >= 11 is 2.83. The van der Waals surface area contributed by atoms with Crippen molar-refractivity contribution < 1.29 is 23.9 Å². The minimum Gasteiger partial charge on any atom is -0.497 e. The molecule has 2 unspecified atom stereocenters. The Kier molecular flexibility index (Phi) is 11.9. The molecular weight excluding hydrogens is 705 g/mol. The largest absolute Gasteiger partial charge is 0.497 e. The maximum atomic E-state index is 14.0. The average Bonchev–Trinajstić information content (AvgIpc) is 3.52. The number of methoxy groups -OCH3 is 2. The summed E-state index contributed by atoms with van der Waals surface area (Å²) < 4.78 is 10.9. The lowest BCUT2D eigenvalue weighted by Gasteiger charge is -2.18. The van der Waals surface area contributed by atoms with Crippen molar-refractivity contribution in [3.05, 3.63) is 142 Å². The number of carbonyl (C=O) groups is 3. The molecule has 1 aliphatic rings. The molecule has 0 saturated carbocycles. The summed E-state index contributed by atoms with van der Waals surface area (Å²) in [7, 11) is 3.06. The van der Waals surface area contributed by atoms with Crippen molar-refractivity contribution in [2.75, 3.05) is 24.9 Å². The highest BCUT2D eigenvalue weighted by molar-refractivity contribution is 8.00. The Morgan fingerprint density at radius 2 is 1.68 bits per heavy atom.